The normalized spacial score (nSPS) is 28.4. The fourth-order valence-corrected chi connectivity index (χ4v) is 3.42. The standard InChI is InChI=1S/C15H28N4/c1-2-15(17,13-16)7-4-8-18-9-5-11-19-10-3-6-14(19)12-18/h14H,2-12,17H2,1H3. The van der Waals surface area contributed by atoms with Gasteiger partial charge in [-0.3, -0.25) is 4.90 Å². The molecule has 2 rings (SSSR count). The molecule has 2 unspecified atom stereocenters. The van der Waals surface area contributed by atoms with Gasteiger partial charge in [-0.05, 0) is 64.7 Å². The zero-order valence-electron chi connectivity index (χ0n) is 12.3. The third kappa shape index (κ3) is 3.92. The third-order valence-corrected chi connectivity index (χ3v) is 4.84. The van der Waals surface area contributed by atoms with Gasteiger partial charge in [0.25, 0.3) is 0 Å². The second-order valence-electron chi connectivity index (χ2n) is 6.21. The minimum atomic E-state index is -0.606. The molecule has 2 aliphatic rings. The molecule has 0 bridgehead atoms. The first-order valence-corrected chi connectivity index (χ1v) is 7.83. The number of nitrogens with zero attached hydrogens (tertiary/aromatic N) is 3. The molecule has 4 nitrogen and oxygen atoms in total. The summed E-state index contributed by atoms with van der Waals surface area (Å²) in [5, 5.41) is 9.10. The Morgan fingerprint density at radius 2 is 2.11 bits per heavy atom. The van der Waals surface area contributed by atoms with Gasteiger partial charge in [0.05, 0.1) is 6.07 Å². The van der Waals surface area contributed by atoms with E-state index in [4.69, 9.17) is 11.0 Å². The zero-order chi connectivity index (χ0) is 13.7. The molecule has 0 amide bonds. The Labute approximate surface area is 117 Å². The van der Waals surface area contributed by atoms with Crippen molar-refractivity contribution in [2.75, 3.05) is 32.7 Å². The Balaban J connectivity index is 1.75. The molecule has 0 saturated carbocycles. The molecule has 4 heteroatoms. The molecular formula is C15H28N4. The van der Waals surface area contributed by atoms with E-state index in [1.165, 1.54) is 45.4 Å². The summed E-state index contributed by atoms with van der Waals surface area (Å²) in [6, 6.07) is 3.05. The maximum Gasteiger partial charge on any atom is 0.104 e. The molecule has 0 aliphatic carbocycles. The lowest BCUT2D eigenvalue weighted by molar-refractivity contribution is 0.215. The van der Waals surface area contributed by atoms with Crippen LogP contribution in [0.3, 0.4) is 0 Å². The molecule has 2 saturated heterocycles. The molecule has 19 heavy (non-hydrogen) atoms. The van der Waals surface area contributed by atoms with Crippen LogP contribution >= 0.6 is 0 Å². The zero-order valence-corrected chi connectivity index (χ0v) is 12.3. The summed E-state index contributed by atoms with van der Waals surface area (Å²) in [6.07, 6.45) is 6.64. The van der Waals surface area contributed by atoms with Gasteiger partial charge in [-0.1, -0.05) is 6.92 Å². The number of hydrogen-bond donors (Lipinski definition) is 1. The van der Waals surface area contributed by atoms with E-state index in [1.54, 1.807) is 0 Å². The lowest BCUT2D eigenvalue weighted by Crippen LogP contribution is -2.40. The first kappa shape index (κ1) is 14.8. The SMILES string of the molecule is CCC(N)(C#N)CCCN1CCCN2CCCC2C1. The van der Waals surface area contributed by atoms with Crippen molar-refractivity contribution < 1.29 is 0 Å². The molecule has 0 aromatic rings. The van der Waals surface area contributed by atoms with Gasteiger partial charge in [0.2, 0.25) is 0 Å². The molecular weight excluding hydrogens is 236 g/mol. The van der Waals surface area contributed by atoms with Crippen LogP contribution in [0.2, 0.25) is 0 Å². The highest BCUT2D eigenvalue weighted by Gasteiger charge is 2.29. The fraction of sp³-hybridized carbons (Fsp3) is 0.933. The van der Waals surface area contributed by atoms with Gasteiger partial charge < -0.3 is 10.6 Å². The van der Waals surface area contributed by atoms with Crippen molar-refractivity contribution >= 4 is 0 Å². The summed E-state index contributed by atoms with van der Waals surface area (Å²) in [6.45, 7) is 8.11. The van der Waals surface area contributed by atoms with E-state index in [1.807, 2.05) is 6.92 Å². The number of nitriles is 1. The molecule has 2 N–H and O–H groups in total. The summed E-state index contributed by atoms with van der Waals surface area (Å²) in [4.78, 5) is 5.25. The van der Waals surface area contributed by atoms with Crippen LogP contribution in [0.25, 0.3) is 0 Å². The average Bonchev–Trinajstić information content (AvgIpc) is 2.77. The molecule has 0 aromatic heterocycles. The van der Waals surface area contributed by atoms with E-state index in [0.717, 1.165) is 31.8 Å². The minimum absolute atomic E-state index is 0.606. The summed E-state index contributed by atoms with van der Waals surface area (Å²) in [7, 11) is 0. The van der Waals surface area contributed by atoms with Gasteiger partial charge in [0.15, 0.2) is 0 Å². The molecule has 2 atom stereocenters. The fourth-order valence-electron chi connectivity index (χ4n) is 3.42. The predicted molar refractivity (Wildman–Crippen MR) is 77.7 cm³/mol. The van der Waals surface area contributed by atoms with E-state index in [9.17, 15) is 0 Å². The van der Waals surface area contributed by atoms with Crippen LogP contribution in [0.5, 0.6) is 0 Å². The van der Waals surface area contributed by atoms with Crippen LogP contribution in [0.1, 0.15) is 45.4 Å². The summed E-state index contributed by atoms with van der Waals surface area (Å²) in [5.41, 5.74) is 5.43. The summed E-state index contributed by atoms with van der Waals surface area (Å²) < 4.78 is 0. The van der Waals surface area contributed by atoms with Gasteiger partial charge >= 0.3 is 0 Å². The molecule has 108 valence electrons. The second-order valence-corrected chi connectivity index (χ2v) is 6.21. The lowest BCUT2D eigenvalue weighted by atomic mass is 9.93. The quantitative estimate of drug-likeness (QED) is 0.819. The Morgan fingerprint density at radius 3 is 2.84 bits per heavy atom. The van der Waals surface area contributed by atoms with E-state index >= 15 is 0 Å². The summed E-state index contributed by atoms with van der Waals surface area (Å²) in [5.74, 6) is 0. The van der Waals surface area contributed by atoms with Crippen LogP contribution in [0, 0.1) is 11.3 Å². The van der Waals surface area contributed by atoms with Gasteiger partial charge in [0.1, 0.15) is 5.54 Å². The topological polar surface area (TPSA) is 56.3 Å². The average molecular weight is 264 g/mol. The van der Waals surface area contributed by atoms with Crippen molar-refractivity contribution in [1.82, 2.24) is 9.80 Å². The van der Waals surface area contributed by atoms with Crippen LogP contribution in [-0.2, 0) is 0 Å². The number of rotatable bonds is 5. The number of fused-ring (bicyclic) bond motifs is 1. The number of hydrogen-bond acceptors (Lipinski definition) is 4. The van der Waals surface area contributed by atoms with Crippen molar-refractivity contribution in [3.05, 3.63) is 0 Å². The maximum atomic E-state index is 9.10. The molecule has 2 heterocycles. The highest BCUT2D eigenvalue weighted by molar-refractivity contribution is 5.03. The van der Waals surface area contributed by atoms with Crippen LogP contribution in [0.4, 0.5) is 0 Å². The third-order valence-electron chi connectivity index (χ3n) is 4.84. The highest BCUT2D eigenvalue weighted by atomic mass is 15.3. The molecule has 2 fully saturated rings. The smallest absolute Gasteiger partial charge is 0.104 e. The Kier molecular flexibility index (Phi) is 5.20. The van der Waals surface area contributed by atoms with Crippen molar-refractivity contribution in [1.29, 1.82) is 5.26 Å². The van der Waals surface area contributed by atoms with Crippen molar-refractivity contribution in [3.8, 4) is 6.07 Å². The van der Waals surface area contributed by atoms with E-state index in [0.29, 0.717) is 0 Å². The molecule has 0 spiro atoms. The Morgan fingerprint density at radius 1 is 1.32 bits per heavy atom. The largest absolute Gasteiger partial charge is 0.313 e. The van der Waals surface area contributed by atoms with Crippen LogP contribution in [-0.4, -0.2) is 54.1 Å². The van der Waals surface area contributed by atoms with Gasteiger partial charge in [0, 0.05) is 12.6 Å². The molecule has 0 aromatic carbocycles. The van der Waals surface area contributed by atoms with E-state index < -0.39 is 5.54 Å². The highest BCUT2D eigenvalue weighted by Crippen LogP contribution is 2.22. The molecule has 0 radical (unpaired) electrons. The Hall–Kier alpha value is -0.630. The van der Waals surface area contributed by atoms with Crippen LogP contribution < -0.4 is 5.73 Å². The van der Waals surface area contributed by atoms with Crippen molar-refractivity contribution in [2.24, 2.45) is 5.73 Å². The second kappa shape index (κ2) is 6.69. The van der Waals surface area contributed by atoms with Gasteiger partial charge in [-0.25, -0.2) is 0 Å². The van der Waals surface area contributed by atoms with Crippen molar-refractivity contribution in [2.45, 2.75) is 57.0 Å². The van der Waals surface area contributed by atoms with E-state index in [-0.39, 0.29) is 0 Å². The lowest BCUT2D eigenvalue weighted by Gasteiger charge is -2.26. The monoisotopic (exact) mass is 264 g/mol. The predicted octanol–water partition coefficient (Wildman–Crippen LogP) is 1.57. The van der Waals surface area contributed by atoms with Crippen molar-refractivity contribution in [3.63, 3.8) is 0 Å². The first-order chi connectivity index (χ1) is 9.17. The molecule has 2 aliphatic heterocycles. The number of nitrogens with two attached hydrogens (primary N) is 1. The minimum Gasteiger partial charge on any atom is -0.313 e. The van der Waals surface area contributed by atoms with Gasteiger partial charge in [-0.15, -0.1) is 0 Å². The van der Waals surface area contributed by atoms with Gasteiger partial charge in [-0.2, -0.15) is 5.26 Å². The Bertz CT molecular complexity index is 325. The maximum absolute atomic E-state index is 9.10. The van der Waals surface area contributed by atoms with E-state index in [2.05, 4.69) is 15.9 Å². The summed E-state index contributed by atoms with van der Waals surface area (Å²) >= 11 is 0. The first-order valence-electron chi connectivity index (χ1n) is 7.83. The van der Waals surface area contributed by atoms with Crippen LogP contribution in [0.15, 0.2) is 0 Å².